The van der Waals surface area contributed by atoms with Crippen LogP contribution in [0.1, 0.15) is 32.3 Å². The second-order valence-electron chi connectivity index (χ2n) is 5.58. The maximum Gasteiger partial charge on any atom is 0.307 e. The molecule has 4 heteroatoms. The maximum absolute atomic E-state index is 12.4. The van der Waals surface area contributed by atoms with E-state index in [4.69, 9.17) is 0 Å². The summed E-state index contributed by atoms with van der Waals surface area (Å²) in [6, 6.07) is 7.66. The molecule has 0 spiro atoms. The highest BCUT2D eigenvalue weighted by atomic mass is 16.4. The van der Waals surface area contributed by atoms with E-state index in [-0.39, 0.29) is 5.91 Å². The molecule has 0 fully saturated rings. The first-order valence-corrected chi connectivity index (χ1v) is 7.29. The predicted molar refractivity (Wildman–Crippen MR) is 82.1 cm³/mol. The van der Waals surface area contributed by atoms with Gasteiger partial charge in [0.15, 0.2) is 0 Å². The number of aryl methyl sites for hydroxylation is 1. The average molecular weight is 287 g/mol. The summed E-state index contributed by atoms with van der Waals surface area (Å²) in [5.41, 5.74) is 2.91. The highest BCUT2D eigenvalue weighted by Gasteiger charge is 2.35. The molecular formula is C17H21NO3. The fraction of sp³-hybridized carbons (Fsp3) is 0.412. The zero-order valence-corrected chi connectivity index (χ0v) is 12.4. The molecule has 1 aliphatic rings. The SMILES string of the molecule is CCc1cccc(NC(=O)C2CC=C(C)CC2C(=O)O)c1. The monoisotopic (exact) mass is 287 g/mol. The Morgan fingerprint density at radius 2 is 2.10 bits per heavy atom. The first-order valence-electron chi connectivity index (χ1n) is 7.29. The smallest absolute Gasteiger partial charge is 0.307 e. The van der Waals surface area contributed by atoms with Crippen LogP contribution in [0.5, 0.6) is 0 Å². The lowest BCUT2D eigenvalue weighted by Crippen LogP contribution is -2.35. The number of carboxylic acid groups (broad SMARTS) is 1. The number of aliphatic carboxylic acids is 1. The van der Waals surface area contributed by atoms with Crippen LogP contribution < -0.4 is 5.32 Å². The van der Waals surface area contributed by atoms with Crippen LogP contribution in [0.4, 0.5) is 5.69 Å². The fourth-order valence-electron chi connectivity index (χ4n) is 2.72. The summed E-state index contributed by atoms with van der Waals surface area (Å²) in [6.07, 6.45) is 3.80. The number of amides is 1. The van der Waals surface area contributed by atoms with E-state index in [1.54, 1.807) is 0 Å². The molecule has 2 unspecified atom stereocenters. The summed E-state index contributed by atoms with van der Waals surface area (Å²) in [7, 11) is 0. The van der Waals surface area contributed by atoms with Crippen molar-refractivity contribution in [2.24, 2.45) is 11.8 Å². The molecule has 0 heterocycles. The van der Waals surface area contributed by atoms with Crippen molar-refractivity contribution in [2.45, 2.75) is 33.1 Å². The molecule has 0 bridgehead atoms. The van der Waals surface area contributed by atoms with Gasteiger partial charge in [-0.15, -0.1) is 0 Å². The molecule has 4 nitrogen and oxygen atoms in total. The number of hydrogen-bond acceptors (Lipinski definition) is 2. The lowest BCUT2D eigenvalue weighted by Gasteiger charge is -2.26. The maximum atomic E-state index is 12.4. The van der Waals surface area contributed by atoms with E-state index in [2.05, 4.69) is 12.2 Å². The molecule has 21 heavy (non-hydrogen) atoms. The van der Waals surface area contributed by atoms with Gasteiger partial charge in [-0.1, -0.05) is 30.7 Å². The number of anilines is 1. The molecule has 1 aliphatic carbocycles. The van der Waals surface area contributed by atoms with Gasteiger partial charge in [-0.3, -0.25) is 9.59 Å². The molecule has 0 saturated carbocycles. The summed E-state index contributed by atoms with van der Waals surface area (Å²) in [5, 5.41) is 12.2. The van der Waals surface area contributed by atoms with Gasteiger partial charge in [-0.05, 0) is 43.9 Å². The molecule has 1 amide bonds. The van der Waals surface area contributed by atoms with Gasteiger partial charge in [0, 0.05) is 5.69 Å². The van der Waals surface area contributed by atoms with Gasteiger partial charge in [-0.2, -0.15) is 0 Å². The van der Waals surface area contributed by atoms with Crippen molar-refractivity contribution >= 4 is 17.6 Å². The van der Waals surface area contributed by atoms with Gasteiger partial charge in [0.2, 0.25) is 5.91 Å². The summed E-state index contributed by atoms with van der Waals surface area (Å²) in [6.45, 7) is 3.96. The number of rotatable bonds is 4. The Bertz CT molecular complexity index is 577. The Hall–Kier alpha value is -2.10. The van der Waals surface area contributed by atoms with Crippen LogP contribution in [-0.4, -0.2) is 17.0 Å². The molecule has 0 saturated heterocycles. The van der Waals surface area contributed by atoms with Crippen molar-refractivity contribution in [1.82, 2.24) is 0 Å². The molecule has 112 valence electrons. The van der Waals surface area contributed by atoms with E-state index in [1.807, 2.05) is 37.3 Å². The first-order chi connectivity index (χ1) is 10.0. The summed E-state index contributed by atoms with van der Waals surface area (Å²) >= 11 is 0. The van der Waals surface area contributed by atoms with E-state index in [1.165, 1.54) is 0 Å². The van der Waals surface area contributed by atoms with E-state index in [9.17, 15) is 14.7 Å². The van der Waals surface area contributed by atoms with Crippen molar-refractivity contribution in [3.05, 3.63) is 41.5 Å². The standard InChI is InChI=1S/C17H21NO3/c1-3-12-5-4-6-13(10-12)18-16(19)14-8-7-11(2)9-15(14)17(20)21/h4-7,10,14-15H,3,8-9H2,1-2H3,(H,18,19)(H,20,21). The van der Waals surface area contributed by atoms with Crippen LogP contribution in [0.15, 0.2) is 35.9 Å². The van der Waals surface area contributed by atoms with Crippen LogP contribution in [0.2, 0.25) is 0 Å². The van der Waals surface area contributed by atoms with Gasteiger partial charge < -0.3 is 10.4 Å². The highest BCUT2D eigenvalue weighted by Crippen LogP contribution is 2.31. The minimum atomic E-state index is -0.898. The third-order valence-corrected chi connectivity index (χ3v) is 4.00. The van der Waals surface area contributed by atoms with Crippen LogP contribution >= 0.6 is 0 Å². The van der Waals surface area contributed by atoms with E-state index >= 15 is 0 Å². The van der Waals surface area contributed by atoms with Gasteiger partial charge in [0.1, 0.15) is 0 Å². The molecule has 0 aromatic heterocycles. The minimum absolute atomic E-state index is 0.209. The van der Waals surface area contributed by atoms with E-state index < -0.39 is 17.8 Å². The molecular weight excluding hydrogens is 266 g/mol. The Kier molecular flexibility index (Phi) is 4.78. The number of carbonyl (C=O) groups is 2. The first kappa shape index (κ1) is 15.3. The van der Waals surface area contributed by atoms with Crippen LogP contribution in [-0.2, 0) is 16.0 Å². The third-order valence-electron chi connectivity index (χ3n) is 4.00. The van der Waals surface area contributed by atoms with Gasteiger partial charge in [0.05, 0.1) is 11.8 Å². The van der Waals surface area contributed by atoms with Crippen molar-refractivity contribution in [1.29, 1.82) is 0 Å². The van der Waals surface area contributed by atoms with Crippen LogP contribution in [0.25, 0.3) is 0 Å². The molecule has 0 radical (unpaired) electrons. The second kappa shape index (κ2) is 6.57. The number of nitrogens with one attached hydrogen (secondary N) is 1. The number of carbonyl (C=O) groups excluding carboxylic acids is 1. The Morgan fingerprint density at radius 1 is 1.33 bits per heavy atom. The summed E-state index contributed by atoms with van der Waals surface area (Å²) in [4.78, 5) is 23.7. The molecule has 1 aromatic carbocycles. The molecule has 1 aromatic rings. The van der Waals surface area contributed by atoms with Gasteiger partial charge in [0.25, 0.3) is 0 Å². The topological polar surface area (TPSA) is 66.4 Å². The van der Waals surface area contributed by atoms with Gasteiger partial charge in [-0.25, -0.2) is 0 Å². The molecule has 2 atom stereocenters. The molecule has 2 N–H and O–H groups in total. The van der Waals surface area contributed by atoms with Crippen LogP contribution in [0.3, 0.4) is 0 Å². The minimum Gasteiger partial charge on any atom is -0.481 e. The van der Waals surface area contributed by atoms with Crippen molar-refractivity contribution in [2.75, 3.05) is 5.32 Å². The number of benzene rings is 1. The summed E-state index contributed by atoms with van der Waals surface area (Å²) < 4.78 is 0. The third kappa shape index (κ3) is 3.72. The van der Waals surface area contributed by atoms with E-state index in [0.717, 1.165) is 23.2 Å². The number of hydrogen-bond donors (Lipinski definition) is 2. The number of allylic oxidation sites excluding steroid dienone is 2. The average Bonchev–Trinajstić information content (AvgIpc) is 2.47. The zero-order chi connectivity index (χ0) is 15.4. The quantitative estimate of drug-likeness (QED) is 0.835. The van der Waals surface area contributed by atoms with Crippen molar-refractivity contribution < 1.29 is 14.7 Å². The Balaban J connectivity index is 2.13. The zero-order valence-electron chi connectivity index (χ0n) is 12.4. The molecule has 0 aliphatic heterocycles. The van der Waals surface area contributed by atoms with Crippen molar-refractivity contribution in [3.63, 3.8) is 0 Å². The lowest BCUT2D eigenvalue weighted by atomic mass is 9.79. The highest BCUT2D eigenvalue weighted by molar-refractivity contribution is 5.95. The van der Waals surface area contributed by atoms with Crippen molar-refractivity contribution in [3.8, 4) is 0 Å². The largest absolute Gasteiger partial charge is 0.481 e. The Morgan fingerprint density at radius 3 is 2.76 bits per heavy atom. The van der Waals surface area contributed by atoms with Crippen LogP contribution in [0, 0.1) is 11.8 Å². The molecule has 2 rings (SSSR count). The second-order valence-corrected chi connectivity index (χ2v) is 5.58. The summed E-state index contributed by atoms with van der Waals surface area (Å²) in [5.74, 6) is -2.25. The Labute approximate surface area is 124 Å². The number of carboxylic acids is 1. The predicted octanol–water partition coefficient (Wildman–Crippen LogP) is 3.24. The van der Waals surface area contributed by atoms with Gasteiger partial charge >= 0.3 is 5.97 Å². The lowest BCUT2D eigenvalue weighted by molar-refractivity contribution is -0.146. The normalized spacial score (nSPS) is 21.5. The van der Waals surface area contributed by atoms with E-state index in [0.29, 0.717) is 12.8 Å². The fourth-order valence-corrected chi connectivity index (χ4v) is 2.72.